The number of likely N-dealkylation sites (tertiary alicyclic amines) is 1. The number of carbonyl (C=O) groups excluding carboxylic acids is 3. The van der Waals surface area contributed by atoms with Crippen LogP contribution < -0.4 is 5.32 Å². The van der Waals surface area contributed by atoms with E-state index in [-0.39, 0.29) is 29.4 Å². The molecule has 2 atom stereocenters. The molecule has 37 heavy (non-hydrogen) atoms. The molecule has 0 radical (unpaired) electrons. The summed E-state index contributed by atoms with van der Waals surface area (Å²) in [6.45, 7) is 4.76. The van der Waals surface area contributed by atoms with E-state index in [2.05, 4.69) is 26.3 Å². The van der Waals surface area contributed by atoms with Gasteiger partial charge in [0.1, 0.15) is 6.33 Å². The number of fused-ring (bicyclic) bond motifs is 1. The smallest absolute Gasteiger partial charge is 0.251 e. The molecule has 5 rings (SSSR count). The molecule has 3 heterocycles. The molecule has 2 aliphatic heterocycles. The highest BCUT2D eigenvalue weighted by Gasteiger charge is 2.30. The van der Waals surface area contributed by atoms with Gasteiger partial charge >= 0.3 is 0 Å². The van der Waals surface area contributed by atoms with Crippen molar-refractivity contribution in [2.45, 2.75) is 76.9 Å². The fourth-order valence-electron chi connectivity index (χ4n) is 6.22. The Kier molecular flexibility index (Phi) is 7.93. The number of benzene rings is 1. The molecule has 8 nitrogen and oxygen atoms in total. The van der Waals surface area contributed by atoms with Crippen LogP contribution in [-0.4, -0.2) is 63.0 Å². The van der Waals surface area contributed by atoms with Gasteiger partial charge in [0.2, 0.25) is 5.91 Å². The van der Waals surface area contributed by atoms with Crippen molar-refractivity contribution in [3.8, 4) is 0 Å². The topological polar surface area (TPSA) is 95.5 Å². The van der Waals surface area contributed by atoms with Gasteiger partial charge in [-0.2, -0.15) is 0 Å². The highest BCUT2D eigenvalue weighted by molar-refractivity contribution is 5.97. The van der Waals surface area contributed by atoms with Crippen molar-refractivity contribution in [2.24, 2.45) is 5.92 Å². The molecule has 1 saturated carbocycles. The number of ketones is 1. The predicted molar refractivity (Wildman–Crippen MR) is 140 cm³/mol. The molecular weight excluding hydrogens is 466 g/mol. The summed E-state index contributed by atoms with van der Waals surface area (Å²) >= 11 is 0. The minimum absolute atomic E-state index is 0.0333. The molecule has 8 heteroatoms. The van der Waals surface area contributed by atoms with Crippen molar-refractivity contribution in [3.63, 3.8) is 0 Å². The first-order valence-corrected chi connectivity index (χ1v) is 13.7. The highest BCUT2D eigenvalue weighted by atomic mass is 16.2. The first-order chi connectivity index (χ1) is 18.0. The molecular formula is C29H37N5O3. The number of hydrogen-bond acceptors (Lipinski definition) is 6. The average molecular weight is 504 g/mol. The average Bonchev–Trinajstić information content (AvgIpc) is 3.34. The summed E-state index contributed by atoms with van der Waals surface area (Å²) in [6.07, 6.45) is 10.7. The van der Waals surface area contributed by atoms with Crippen molar-refractivity contribution in [3.05, 3.63) is 59.2 Å². The monoisotopic (exact) mass is 503 g/mol. The molecule has 1 saturated heterocycles. The van der Waals surface area contributed by atoms with Crippen LogP contribution in [0.25, 0.3) is 0 Å². The van der Waals surface area contributed by atoms with Gasteiger partial charge in [0.25, 0.3) is 5.91 Å². The van der Waals surface area contributed by atoms with Crippen LogP contribution in [0, 0.1) is 5.92 Å². The van der Waals surface area contributed by atoms with Crippen LogP contribution in [0.15, 0.2) is 36.8 Å². The number of nitrogens with one attached hydrogen (secondary N) is 1. The first-order valence-electron chi connectivity index (χ1n) is 13.7. The second-order valence-corrected chi connectivity index (χ2v) is 10.9. The Morgan fingerprint density at radius 2 is 1.92 bits per heavy atom. The molecule has 0 bridgehead atoms. The van der Waals surface area contributed by atoms with Gasteiger partial charge in [-0.25, -0.2) is 9.97 Å². The zero-order chi connectivity index (χ0) is 25.8. The van der Waals surface area contributed by atoms with Crippen LogP contribution in [0.3, 0.4) is 0 Å². The van der Waals surface area contributed by atoms with E-state index in [0.29, 0.717) is 31.7 Å². The Morgan fingerprint density at radius 3 is 2.70 bits per heavy atom. The lowest BCUT2D eigenvalue weighted by Crippen LogP contribution is -2.45. The van der Waals surface area contributed by atoms with Gasteiger partial charge in [0.05, 0.1) is 18.3 Å². The Labute approximate surface area is 218 Å². The number of rotatable bonds is 7. The van der Waals surface area contributed by atoms with Gasteiger partial charge in [-0.05, 0) is 56.2 Å². The molecule has 2 fully saturated rings. The maximum absolute atomic E-state index is 13.2. The standard InChI is InChI=1S/C29H37N5O3/c1-20(35)28(21-7-3-2-4-8-21)32-29(37)23-10-5-9-22(13-23)24-11-6-12-34(16-24)27(36)18-33-15-25-14-30-19-31-26(25)17-33/h5,9-10,13-14,19,21,24,28H,2-4,6-8,11-12,15-18H2,1H3,(H,32,37)/t24?,28-/m0/s1. The van der Waals surface area contributed by atoms with E-state index in [1.807, 2.05) is 29.3 Å². The maximum atomic E-state index is 13.2. The van der Waals surface area contributed by atoms with E-state index in [1.54, 1.807) is 13.3 Å². The van der Waals surface area contributed by atoms with Gasteiger partial charge in [-0.3, -0.25) is 19.3 Å². The molecule has 1 aromatic heterocycles. The van der Waals surface area contributed by atoms with Crippen LogP contribution >= 0.6 is 0 Å². The third-order valence-electron chi connectivity index (χ3n) is 8.25. The minimum Gasteiger partial charge on any atom is -0.342 e. The van der Waals surface area contributed by atoms with Crippen LogP contribution in [0.4, 0.5) is 0 Å². The molecule has 1 unspecified atom stereocenters. The number of aromatic nitrogens is 2. The highest BCUT2D eigenvalue weighted by Crippen LogP contribution is 2.29. The fourth-order valence-corrected chi connectivity index (χ4v) is 6.22. The van der Waals surface area contributed by atoms with Gasteiger partial charge < -0.3 is 10.2 Å². The molecule has 1 aliphatic carbocycles. The fraction of sp³-hybridized carbons (Fsp3) is 0.552. The van der Waals surface area contributed by atoms with Gasteiger partial charge in [-0.15, -0.1) is 0 Å². The van der Waals surface area contributed by atoms with E-state index < -0.39 is 6.04 Å². The normalized spacial score (nSPS) is 21.3. The van der Waals surface area contributed by atoms with Crippen molar-refractivity contribution >= 4 is 17.6 Å². The molecule has 3 aliphatic rings. The van der Waals surface area contributed by atoms with E-state index >= 15 is 0 Å². The van der Waals surface area contributed by atoms with E-state index in [4.69, 9.17) is 0 Å². The third kappa shape index (κ3) is 6.06. The van der Waals surface area contributed by atoms with E-state index in [0.717, 1.165) is 61.9 Å². The number of piperidine rings is 1. The molecule has 0 spiro atoms. The van der Waals surface area contributed by atoms with Crippen LogP contribution in [0.1, 0.15) is 85.0 Å². The Hall–Kier alpha value is -3.13. The summed E-state index contributed by atoms with van der Waals surface area (Å²) in [6, 6.07) is 7.31. The summed E-state index contributed by atoms with van der Waals surface area (Å²) in [5.74, 6) is 0.399. The van der Waals surface area contributed by atoms with Crippen molar-refractivity contribution in [2.75, 3.05) is 19.6 Å². The Bertz CT molecular complexity index is 1120. The molecule has 196 valence electrons. The second kappa shape index (κ2) is 11.5. The Balaban J connectivity index is 1.20. The molecule has 2 aromatic rings. The number of carbonyl (C=O) groups is 3. The Morgan fingerprint density at radius 1 is 1.08 bits per heavy atom. The molecule has 1 aromatic carbocycles. The lowest BCUT2D eigenvalue weighted by molar-refractivity contribution is -0.133. The number of amides is 2. The molecule has 1 N–H and O–H groups in total. The zero-order valence-electron chi connectivity index (χ0n) is 21.7. The van der Waals surface area contributed by atoms with Crippen LogP contribution in [0.2, 0.25) is 0 Å². The zero-order valence-corrected chi connectivity index (χ0v) is 21.7. The molecule has 2 amide bonds. The minimum atomic E-state index is -0.415. The maximum Gasteiger partial charge on any atom is 0.251 e. The number of nitrogens with zero attached hydrogens (tertiary/aromatic N) is 4. The second-order valence-electron chi connectivity index (χ2n) is 10.9. The summed E-state index contributed by atoms with van der Waals surface area (Å²) < 4.78 is 0. The van der Waals surface area contributed by atoms with Crippen molar-refractivity contribution in [1.82, 2.24) is 25.1 Å². The third-order valence-corrected chi connectivity index (χ3v) is 8.25. The largest absolute Gasteiger partial charge is 0.342 e. The van der Waals surface area contributed by atoms with Crippen LogP contribution in [-0.2, 0) is 22.7 Å². The van der Waals surface area contributed by atoms with E-state index in [9.17, 15) is 14.4 Å². The lowest BCUT2D eigenvalue weighted by atomic mass is 9.82. The SMILES string of the molecule is CC(=O)[C@H](NC(=O)c1cccc(C2CCCN(C(=O)CN3Cc4cncnc4C3)C2)c1)C1CCCCC1. The van der Waals surface area contributed by atoms with E-state index in [1.165, 1.54) is 6.42 Å². The van der Waals surface area contributed by atoms with Crippen LogP contribution in [0.5, 0.6) is 0 Å². The quantitative estimate of drug-likeness (QED) is 0.622. The van der Waals surface area contributed by atoms with Gasteiger partial charge in [0, 0.05) is 49.4 Å². The number of Topliss-reactive ketones (excluding diaryl/α,β-unsaturated/α-hetero) is 1. The predicted octanol–water partition coefficient (Wildman–Crippen LogP) is 3.47. The number of hydrogen-bond donors (Lipinski definition) is 1. The first kappa shape index (κ1) is 25.5. The summed E-state index contributed by atoms with van der Waals surface area (Å²) in [7, 11) is 0. The summed E-state index contributed by atoms with van der Waals surface area (Å²) in [5.41, 5.74) is 3.76. The van der Waals surface area contributed by atoms with Crippen molar-refractivity contribution in [1.29, 1.82) is 0 Å². The lowest BCUT2D eigenvalue weighted by Gasteiger charge is -2.34. The van der Waals surface area contributed by atoms with Gasteiger partial charge in [-0.1, -0.05) is 31.4 Å². The summed E-state index contributed by atoms with van der Waals surface area (Å²) in [5, 5.41) is 3.04. The van der Waals surface area contributed by atoms with Gasteiger partial charge in [0.15, 0.2) is 5.78 Å². The van der Waals surface area contributed by atoms with Crippen molar-refractivity contribution < 1.29 is 14.4 Å². The summed E-state index contributed by atoms with van der Waals surface area (Å²) in [4.78, 5) is 51.2.